The number of fused-ring (bicyclic) bond motifs is 1. The maximum absolute atomic E-state index is 13.6. The predicted molar refractivity (Wildman–Crippen MR) is 68.0 cm³/mol. The molecule has 114 valence electrons. The quantitative estimate of drug-likeness (QED) is 0.914. The van der Waals surface area contributed by atoms with Crippen molar-refractivity contribution in [1.82, 2.24) is 0 Å². The number of amides is 1. The van der Waals surface area contributed by atoms with E-state index in [1.807, 2.05) is 0 Å². The second-order valence-corrected chi connectivity index (χ2v) is 5.51. The highest BCUT2D eigenvalue weighted by molar-refractivity contribution is 6.30. The van der Waals surface area contributed by atoms with Gasteiger partial charge in [-0.2, -0.15) is 13.2 Å². The fourth-order valence-corrected chi connectivity index (χ4v) is 2.31. The molecule has 1 amide bonds. The first-order chi connectivity index (χ1) is 9.82. The lowest BCUT2D eigenvalue weighted by Gasteiger charge is -2.38. The number of hydrogen-bond donors (Lipinski definition) is 1. The molecule has 0 bridgehead atoms. The van der Waals surface area contributed by atoms with Crippen LogP contribution in [-0.2, 0) is 15.3 Å². The summed E-state index contributed by atoms with van der Waals surface area (Å²) in [6, 6.07) is 3.77. The number of anilines is 1. The zero-order valence-corrected chi connectivity index (χ0v) is 11.4. The summed E-state index contributed by atoms with van der Waals surface area (Å²) in [6.45, 7) is -0.126. The molecule has 1 heterocycles. The highest BCUT2D eigenvalue weighted by Crippen LogP contribution is 2.49. The monoisotopic (exact) mass is 321 g/mol. The number of rotatable bonds is 3. The molecule has 1 N–H and O–H groups in total. The molecule has 1 aromatic carbocycles. The number of hydrogen-bond acceptors (Lipinski definition) is 3. The summed E-state index contributed by atoms with van der Waals surface area (Å²) >= 11 is 5.77. The van der Waals surface area contributed by atoms with Crippen molar-refractivity contribution in [3.63, 3.8) is 0 Å². The molecule has 0 aromatic heterocycles. The Hall–Kier alpha value is -1.47. The Morgan fingerprint density at radius 1 is 1.43 bits per heavy atom. The standard InChI is InChI=1S/C13H11ClF3NO3/c14-8-3-4-10-9(5-8)12(13(15,16)17,21-11(19)18-10)20-6-7-1-2-7/h3-5,7H,1-2,6H2,(H,18,19). The van der Waals surface area contributed by atoms with Gasteiger partial charge in [-0.3, -0.25) is 5.32 Å². The van der Waals surface area contributed by atoms with Gasteiger partial charge < -0.3 is 9.47 Å². The fraction of sp³-hybridized carbons (Fsp3) is 0.462. The smallest absolute Gasteiger partial charge is 0.402 e. The minimum Gasteiger partial charge on any atom is -0.402 e. The van der Waals surface area contributed by atoms with E-state index in [0.29, 0.717) is 0 Å². The molecular formula is C13H11ClF3NO3. The Morgan fingerprint density at radius 2 is 2.14 bits per heavy atom. The third-order valence-corrected chi connectivity index (χ3v) is 3.64. The first kappa shape index (κ1) is 14.5. The van der Waals surface area contributed by atoms with Gasteiger partial charge >= 0.3 is 18.1 Å². The normalized spacial score (nSPS) is 25.0. The average molecular weight is 322 g/mol. The Balaban J connectivity index is 2.09. The third kappa shape index (κ3) is 2.55. The SMILES string of the molecule is O=C1Nc2ccc(Cl)cc2C(OCC2CC2)(C(F)(F)F)O1. The summed E-state index contributed by atoms with van der Waals surface area (Å²) in [5, 5.41) is 2.31. The van der Waals surface area contributed by atoms with Gasteiger partial charge in [0.15, 0.2) is 0 Å². The molecule has 0 saturated heterocycles. The number of nitrogens with one attached hydrogen (secondary N) is 1. The molecule has 2 aliphatic rings. The van der Waals surface area contributed by atoms with Gasteiger partial charge in [0.1, 0.15) is 0 Å². The van der Waals surface area contributed by atoms with Crippen LogP contribution in [0.3, 0.4) is 0 Å². The van der Waals surface area contributed by atoms with Crippen molar-refractivity contribution in [3.8, 4) is 0 Å². The van der Waals surface area contributed by atoms with Gasteiger partial charge in [-0.15, -0.1) is 0 Å². The summed E-state index contributed by atoms with van der Waals surface area (Å²) in [5.41, 5.74) is -0.369. The van der Waals surface area contributed by atoms with E-state index in [4.69, 9.17) is 16.3 Å². The molecule has 1 aliphatic heterocycles. The number of halogens is 4. The van der Waals surface area contributed by atoms with Gasteiger partial charge in [0.05, 0.1) is 17.9 Å². The van der Waals surface area contributed by atoms with Crippen LogP contribution in [0.25, 0.3) is 0 Å². The molecular weight excluding hydrogens is 311 g/mol. The van der Waals surface area contributed by atoms with E-state index in [1.54, 1.807) is 0 Å². The van der Waals surface area contributed by atoms with Crippen LogP contribution < -0.4 is 5.32 Å². The first-order valence-electron chi connectivity index (χ1n) is 6.32. The van der Waals surface area contributed by atoms with Crippen molar-refractivity contribution in [2.75, 3.05) is 11.9 Å². The lowest BCUT2D eigenvalue weighted by molar-refractivity contribution is -0.372. The number of carbonyl (C=O) groups is 1. The van der Waals surface area contributed by atoms with Gasteiger partial charge in [0, 0.05) is 5.02 Å². The van der Waals surface area contributed by atoms with E-state index in [-0.39, 0.29) is 28.8 Å². The second-order valence-electron chi connectivity index (χ2n) is 5.07. The summed E-state index contributed by atoms with van der Waals surface area (Å²) in [6.07, 6.45) is -4.51. The van der Waals surface area contributed by atoms with Crippen LogP contribution in [0.15, 0.2) is 18.2 Å². The molecule has 1 saturated carbocycles. The molecule has 1 fully saturated rings. The summed E-state index contributed by atoms with van der Waals surface area (Å²) in [7, 11) is 0. The maximum atomic E-state index is 13.6. The Kier molecular flexibility index (Phi) is 3.29. The molecule has 1 unspecified atom stereocenters. The number of benzene rings is 1. The highest BCUT2D eigenvalue weighted by Gasteiger charge is 2.64. The number of carbonyl (C=O) groups excluding carboxylic acids is 1. The molecule has 8 heteroatoms. The molecule has 4 nitrogen and oxygen atoms in total. The van der Waals surface area contributed by atoms with Crippen molar-refractivity contribution in [2.45, 2.75) is 24.8 Å². The fourth-order valence-electron chi connectivity index (χ4n) is 2.14. The number of ether oxygens (including phenoxy) is 2. The Bertz CT molecular complexity index is 589. The molecule has 3 rings (SSSR count). The van der Waals surface area contributed by atoms with E-state index in [9.17, 15) is 18.0 Å². The lowest BCUT2D eigenvalue weighted by atomic mass is 10.0. The third-order valence-electron chi connectivity index (χ3n) is 3.40. The Morgan fingerprint density at radius 3 is 2.76 bits per heavy atom. The molecule has 1 aromatic rings. The number of cyclic esters (lactones) is 1. The van der Waals surface area contributed by atoms with E-state index in [1.165, 1.54) is 12.1 Å². The van der Waals surface area contributed by atoms with Gasteiger partial charge in [-0.25, -0.2) is 4.79 Å². The minimum absolute atomic E-state index is 0.0243. The predicted octanol–water partition coefficient (Wildman–Crippen LogP) is 4.04. The van der Waals surface area contributed by atoms with E-state index in [0.717, 1.165) is 18.9 Å². The lowest BCUT2D eigenvalue weighted by Crippen LogP contribution is -2.52. The average Bonchev–Trinajstić information content (AvgIpc) is 3.19. The first-order valence-corrected chi connectivity index (χ1v) is 6.70. The molecule has 0 spiro atoms. The van der Waals surface area contributed by atoms with Gasteiger partial charge in [0.25, 0.3) is 0 Å². The van der Waals surface area contributed by atoms with Gasteiger partial charge in [-0.05, 0) is 37.0 Å². The molecule has 0 radical (unpaired) electrons. The van der Waals surface area contributed by atoms with Crippen LogP contribution in [0.4, 0.5) is 23.7 Å². The minimum atomic E-state index is -4.92. The van der Waals surface area contributed by atoms with Crippen LogP contribution in [0.2, 0.25) is 5.02 Å². The van der Waals surface area contributed by atoms with Crippen molar-refractivity contribution in [3.05, 3.63) is 28.8 Å². The molecule has 1 aliphatic carbocycles. The highest BCUT2D eigenvalue weighted by atomic mass is 35.5. The maximum Gasteiger partial charge on any atom is 0.460 e. The topological polar surface area (TPSA) is 47.6 Å². The molecule has 1 atom stereocenters. The van der Waals surface area contributed by atoms with Crippen molar-refractivity contribution >= 4 is 23.4 Å². The van der Waals surface area contributed by atoms with Gasteiger partial charge in [0.2, 0.25) is 0 Å². The summed E-state index contributed by atoms with van der Waals surface area (Å²) in [4.78, 5) is 11.5. The zero-order chi connectivity index (χ0) is 15.3. The van der Waals surface area contributed by atoms with Crippen LogP contribution in [-0.4, -0.2) is 18.9 Å². The van der Waals surface area contributed by atoms with E-state index < -0.39 is 18.1 Å². The van der Waals surface area contributed by atoms with Crippen LogP contribution in [0.1, 0.15) is 18.4 Å². The Labute approximate surface area is 123 Å². The van der Waals surface area contributed by atoms with Gasteiger partial charge in [-0.1, -0.05) is 11.6 Å². The van der Waals surface area contributed by atoms with E-state index in [2.05, 4.69) is 10.1 Å². The van der Waals surface area contributed by atoms with Crippen LogP contribution in [0, 0.1) is 5.92 Å². The van der Waals surface area contributed by atoms with Crippen LogP contribution in [0.5, 0.6) is 0 Å². The second kappa shape index (κ2) is 4.78. The molecule has 21 heavy (non-hydrogen) atoms. The largest absolute Gasteiger partial charge is 0.460 e. The number of alkyl halides is 3. The van der Waals surface area contributed by atoms with Crippen LogP contribution >= 0.6 is 11.6 Å². The van der Waals surface area contributed by atoms with Crippen molar-refractivity contribution in [1.29, 1.82) is 0 Å². The van der Waals surface area contributed by atoms with E-state index >= 15 is 0 Å². The summed E-state index contributed by atoms with van der Waals surface area (Å²) in [5.74, 6) is -3.04. The zero-order valence-electron chi connectivity index (χ0n) is 10.7. The summed E-state index contributed by atoms with van der Waals surface area (Å²) < 4.78 is 50.3. The van der Waals surface area contributed by atoms with Crippen molar-refractivity contribution < 1.29 is 27.4 Å². The van der Waals surface area contributed by atoms with Crippen molar-refractivity contribution in [2.24, 2.45) is 5.92 Å².